The molecular weight excluding hydrogens is 275 g/mol. The Morgan fingerprint density at radius 3 is 2.62 bits per heavy atom. The Labute approximate surface area is 123 Å². The first-order valence-corrected chi connectivity index (χ1v) is 7.09. The number of hydrogen-bond donors (Lipinski definition) is 1. The Bertz CT molecular complexity index is 535. The molecule has 1 aliphatic rings. The molecule has 1 saturated heterocycles. The lowest BCUT2D eigenvalue weighted by Crippen LogP contribution is -2.40. The smallest absolute Gasteiger partial charge is 0.324 e. The van der Waals surface area contributed by atoms with Crippen LogP contribution >= 0.6 is 0 Å². The highest BCUT2D eigenvalue weighted by Crippen LogP contribution is 2.19. The fourth-order valence-electron chi connectivity index (χ4n) is 2.20. The van der Waals surface area contributed by atoms with E-state index in [1.165, 1.54) is 12.1 Å². The Morgan fingerprint density at radius 1 is 1.33 bits per heavy atom. The molecule has 6 heteroatoms. The largest absolute Gasteiger partial charge is 0.486 e. The lowest BCUT2D eigenvalue weighted by atomic mass is 10.2. The van der Waals surface area contributed by atoms with E-state index in [4.69, 9.17) is 4.74 Å². The van der Waals surface area contributed by atoms with Gasteiger partial charge >= 0.3 is 6.03 Å². The number of nitrogens with one attached hydrogen (secondary N) is 1. The summed E-state index contributed by atoms with van der Waals surface area (Å²) >= 11 is 0. The van der Waals surface area contributed by atoms with Crippen LogP contribution in [-0.2, 0) is 4.79 Å². The van der Waals surface area contributed by atoms with Crippen LogP contribution in [0.15, 0.2) is 24.3 Å². The number of carbonyl (C=O) groups is 2. The van der Waals surface area contributed by atoms with Crippen molar-refractivity contribution in [1.29, 1.82) is 0 Å². The summed E-state index contributed by atoms with van der Waals surface area (Å²) in [5, 5.41) is 2.62. The van der Waals surface area contributed by atoms with Gasteiger partial charge in [0.15, 0.2) is 11.6 Å². The molecule has 2 rings (SSSR count). The third-order valence-electron chi connectivity index (χ3n) is 3.49. The number of halogens is 1. The summed E-state index contributed by atoms with van der Waals surface area (Å²) in [5.74, 6) is -0.582. The normalized spacial score (nSPS) is 19.6. The Hall–Kier alpha value is -2.11. The molecule has 0 aromatic heterocycles. The number of imide groups is 1. The molecule has 0 bridgehead atoms. The number of benzene rings is 1. The standard InChI is InChI=1S/C15H19FN2O3/c1-3-10(21-13-8-6-5-7-11(13)16)9-18-14(19)12(4-2)17-15(18)20/h5-8,10,12H,3-4,9H2,1-2H3,(H,17,20)/t10-,12-/m0/s1. The summed E-state index contributed by atoms with van der Waals surface area (Å²) in [6, 6.07) is 5.20. The van der Waals surface area contributed by atoms with E-state index in [1.54, 1.807) is 12.1 Å². The second-order valence-electron chi connectivity index (χ2n) is 4.94. The number of amides is 3. The van der Waals surface area contributed by atoms with Gasteiger partial charge in [-0.25, -0.2) is 9.18 Å². The summed E-state index contributed by atoms with van der Waals surface area (Å²) in [4.78, 5) is 25.0. The molecule has 1 fully saturated rings. The monoisotopic (exact) mass is 294 g/mol. The molecule has 0 saturated carbocycles. The molecule has 1 aromatic carbocycles. The first kappa shape index (κ1) is 15.3. The van der Waals surface area contributed by atoms with E-state index in [1.807, 2.05) is 13.8 Å². The van der Waals surface area contributed by atoms with Crippen LogP contribution < -0.4 is 10.1 Å². The number of ether oxygens (including phenoxy) is 1. The highest BCUT2D eigenvalue weighted by molar-refractivity contribution is 6.04. The van der Waals surface area contributed by atoms with Gasteiger partial charge in [-0.2, -0.15) is 0 Å². The molecule has 21 heavy (non-hydrogen) atoms. The number of para-hydroxylation sites is 1. The molecule has 0 unspecified atom stereocenters. The van der Waals surface area contributed by atoms with E-state index < -0.39 is 24.0 Å². The van der Waals surface area contributed by atoms with Crippen molar-refractivity contribution in [2.24, 2.45) is 0 Å². The van der Waals surface area contributed by atoms with Gasteiger partial charge in [-0.3, -0.25) is 9.69 Å². The summed E-state index contributed by atoms with van der Waals surface area (Å²) < 4.78 is 19.2. The van der Waals surface area contributed by atoms with Crippen molar-refractivity contribution < 1.29 is 18.7 Å². The van der Waals surface area contributed by atoms with Crippen LogP contribution in [0.5, 0.6) is 5.75 Å². The SMILES string of the molecule is CC[C@@H](CN1C(=O)N[C@@H](CC)C1=O)Oc1ccccc1F. The third-order valence-corrected chi connectivity index (χ3v) is 3.49. The van der Waals surface area contributed by atoms with E-state index in [2.05, 4.69) is 5.32 Å². The Morgan fingerprint density at radius 2 is 2.05 bits per heavy atom. The summed E-state index contributed by atoms with van der Waals surface area (Å²) in [6.45, 7) is 3.81. The molecule has 5 nitrogen and oxygen atoms in total. The van der Waals surface area contributed by atoms with Crippen molar-refractivity contribution in [3.05, 3.63) is 30.1 Å². The average Bonchev–Trinajstić information content (AvgIpc) is 2.75. The lowest BCUT2D eigenvalue weighted by Gasteiger charge is -2.22. The molecule has 3 amide bonds. The summed E-state index contributed by atoms with van der Waals surface area (Å²) in [6.07, 6.45) is 0.668. The Balaban J connectivity index is 2.04. The second kappa shape index (κ2) is 6.56. The lowest BCUT2D eigenvalue weighted by molar-refractivity contribution is -0.128. The number of nitrogens with zero attached hydrogens (tertiary/aromatic N) is 1. The minimum Gasteiger partial charge on any atom is -0.486 e. The molecule has 0 radical (unpaired) electrons. The number of hydrogen-bond acceptors (Lipinski definition) is 3. The first-order valence-electron chi connectivity index (χ1n) is 7.09. The van der Waals surface area contributed by atoms with Crippen molar-refractivity contribution in [2.45, 2.75) is 38.8 Å². The maximum Gasteiger partial charge on any atom is 0.324 e. The van der Waals surface area contributed by atoms with Gasteiger partial charge in [-0.15, -0.1) is 0 Å². The molecule has 1 heterocycles. The Kier molecular flexibility index (Phi) is 4.77. The predicted molar refractivity (Wildman–Crippen MR) is 75.4 cm³/mol. The topological polar surface area (TPSA) is 58.6 Å². The molecule has 1 N–H and O–H groups in total. The van der Waals surface area contributed by atoms with Gasteiger partial charge in [-0.1, -0.05) is 26.0 Å². The summed E-state index contributed by atoms with van der Waals surface area (Å²) in [7, 11) is 0. The third kappa shape index (κ3) is 3.32. The molecule has 114 valence electrons. The van der Waals surface area contributed by atoms with E-state index in [9.17, 15) is 14.0 Å². The van der Waals surface area contributed by atoms with Gasteiger partial charge in [0.1, 0.15) is 12.1 Å². The highest BCUT2D eigenvalue weighted by Gasteiger charge is 2.38. The van der Waals surface area contributed by atoms with Crippen LogP contribution in [0.3, 0.4) is 0 Å². The fraction of sp³-hybridized carbons (Fsp3) is 0.467. The zero-order chi connectivity index (χ0) is 15.4. The molecule has 0 spiro atoms. The number of urea groups is 1. The maximum atomic E-state index is 13.6. The molecular formula is C15H19FN2O3. The molecule has 0 aliphatic carbocycles. The van der Waals surface area contributed by atoms with E-state index >= 15 is 0 Å². The minimum atomic E-state index is -0.469. The zero-order valence-corrected chi connectivity index (χ0v) is 12.1. The van der Waals surface area contributed by atoms with Crippen molar-refractivity contribution in [3.8, 4) is 5.75 Å². The molecule has 1 aromatic rings. The molecule has 1 aliphatic heterocycles. The minimum absolute atomic E-state index is 0.117. The van der Waals surface area contributed by atoms with Gasteiger partial charge < -0.3 is 10.1 Å². The van der Waals surface area contributed by atoms with Crippen LogP contribution in [-0.4, -0.2) is 35.5 Å². The van der Waals surface area contributed by atoms with Gasteiger partial charge in [0.25, 0.3) is 5.91 Å². The van der Waals surface area contributed by atoms with Crippen LogP contribution in [0.2, 0.25) is 0 Å². The first-order chi connectivity index (χ1) is 10.1. The van der Waals surface area contributed by atoms with Crippen molar-refractivity contribution in [3.63, 3.8) is 0 Å². The van der Waals surface area contributed by atoms with Gasteiger partial charge in [0.2, 0.25) is 0 Å². The van der Waals surface area contributed by atoms with Crippen LogP contribution in [0.25, 0.3) is 0 Å². The van der Waals surface area contributed by atoms with Crippen LogP contribution in [0.4, 0.5) is 9.18 Å². The quantitative estimate of drug-likeness (QED) is 0.819. The van der Waals surface area contributed by atoms with Gasteiger partial charge in [-0.05, 0) is 25.0 Å². The zero-order valence-electron chi connectivity index (χ0n) is 12.1. The van der Waals surface area contributed by atoms with E-state index in [0.29, 0.717) is 12.8 Å². The van der Waals surface area contributed by atoms with Crippen molar-refractivity contribution >= 4 is 11.9 Å². The average molecular weight is 294 g/mol. The predicted octanol–water partition coefficient (Wildman–Crippen LogP) is 2.31. The van der Waals surface area contributed by atoms with Crippen molar-refractivity contribution in [1.82, 2.24) is 10.2 Å². The highest BCUT2D eigenvalue weighted by atomic mass is 19.1. The van der Waals surface area contributed by atoms with E-state index in [-0.39, 0.29) is 18.2 Å². The van der Waals surface area contributed by atoms with Gasteiger partial charge in [0, 0.05) is 0 Å². The van der Waals surface area contributed by atoms with Crippen LogP contribution in [0.1, 0.15) is 26.7 Å². The van der Waals surface area contributed by atoms with Crippen molar-refractivity contribution in [2.75, 3.05) is 6.54 Å². The van der Waals surface area contributed by atoms with Gasteiger partial charge in [0.05, 0.1) is 6.54 Å². The number of rotatable bonds is 6. The molecule has 2 atom stereocenters. The maximum absolute atomic E-state index is 13.6. The van der Waals surface area contributed by atoms with E-state index in [0.717, 1.165) is 4.90 Å². The summed E-state index contributed by atoms with van der Waals surface area (Å²) in [5.41, 5.74) is 0. The van der Waals surface area contributed by atoms with Crippen LogP contribution in [0, 0.1) is 5.82 Å². The number of carbonyl (C=O) groups excluding carboxylic acids is 2. The fourth-order valence-corrected chi connectivity index (χ4v) is 2.20. The second-order valence-corrected chi connectivity index (χ2v) is 4.94.